The Bertz CT molecular complexity index is 2650. The molecule has 0 unspecified atom stereocenters. The molecule has 0 bridgehead atoms. The highest BCUT2D eigenvalue weighted by Gasteiger charge is 2.30. The second kappa shape index (κ2) is 7.35. The van der Waals surface area contributed by atoms with E-state index in [2.05, 4.69) is 121 Å². The third-order valence-corrected chi connectivity index (χ3v) is 10.4. The van der Waals surface area contributed by atoms with E-state index in [0.717, 1.165) is 12.8 Å². The molecule has 0 radical (unpaired) electrons. The SMILES string of the molecule is c1ccc2c(c1)ccc1c3c(c4ccccc4c12)-c1cc2c(cc1C3)-c1c(cc3ccc4cccc5ccc1c3c45)C2. The monoisotopic (exact) mass is 528 g/mol. The highest BCUT2D eigenvalue weighted by Crippen LogP contribution is 2.52. The zero-order chi connectivity index (χ0) is 27.1. The summed E-state index contributed by atoms with van der Waals surface area (Å²) >= 11 is 0. The summed E-state index contributed by atoms with van der Waals surface area (Å²) in [4.78, 5) is 0. The van der Waals surface area contributed by atoms with E-state index < -0.39 is 0 Å². The third-order valence-electron chi connectivity index (χ3n) is 10.4. The van der Waals surface area contributed by atoms with Crippen LogP contribution in [-0.4, -0.2) is 0 Å². The van der Waals surface area contributed by atoms with Gasteiger partial charge in [-0.15, -0.1) is 0 Å². The lowest BCUT2D eigenvalue weighted by Gasteiger charge is -2.15. The van der Waals surface area contributed by atoms with Gasteiger partial charge in [0.05, 0.1) is 0 Å². The van der Waals surface area contributed by atoms with Crippen molar-refractivity contribution >= 4 is 64.6 Å². The average molecular weight is 529 g/mol. The molecule has 0 aliphatic heterocycles. The van der Waals surface area contributed by atoms with E-state index in [1.165, 1.54) is 109 Å². The minimum atomic E-state index is 0.985. The first kappa shape index (κ1) is 21.5. The van der Waals surface area contributed by atoms with Crippen LogP contribution in [0.15, 0.2) is 121 Å². The number of hydrogen-bond donors (Lipinski definition) is 0. The smallest absolute Gasteiger partial charge is 0.000683 e. The molecule has 0 amide bonds. The average Bonchev–Trinajstić information content (AvgIpc) is 3.59. The van der Waals surface area contributed by atoms with Crippen molar-refractivity contribution in [3.8, 4) is 22.3 Å². The molecule has 0 atom stereocenters. The molecule has 0 heterocycles. The summed E-state index contributed by atoms with van der Waals surface area (Å²) in [5, 5.41) is 16.5. The molecule has 0 spiro atoms. The lowest BCUT2D eigenvalue weighted by molar-refractivity contribution is 1.25. The number of benzene rings is 9. The molecule has 0 saturated carbocycles. The van der Waals surface area contributed by atoms with Crippen molar-refractivity contribution in [2.75, 3.05) is 0 Å². The van der Waals surface area contributed by atoms with Gasteiger partial charge in [0.15, 0.2) is 0 Å². The van der Waals surface area contributed by atoms with Crippen LogP contribution in [-0.2, 0) is 12.8 Å². The maximum absolute atomic E-state index is 2.55. The molecule has 192 valence electrons. The number of fused-ring (bicyclic) bond motifs is 14. The Labute approximate surface area is 242 Å². The molecular formula is C42H24. The lowest BCUT2D eigenvalue weighted by atomic mass is 9.88. The van der Waals surface area contributed by atoms with Gasteiger partial charge in [0, 0.05) is 0 Å². The molecule has 0 saturated heterocycles. The summed E-state index contributed by atoms with van der Waals surface area (Å²) in [6.45, 7) is 0. The molecule has 0 fully saturated rings. The first-order valence-corrected chi connectivity index (χ1v) is 15.0. The Morgan fingerprint density at radius 2 is 0.976 bits per heavy atom. The maximum atomic E-state index is 2.55. The van der Waals surface area contributed by atoms with Crippen LogP contribution in [0.1, 0.15) is 22.3 Å². The van der Waals surface area contributed by atoms with Crippen LogP contribution < -0.4 is 0 Å². The molecule has 9 aromatic carbocycles. The lowest BCUT2D eigenvalue weighted by Crippen LogP contribution is -1.89. The van der Waals surface area contributed by atoms with Gasteiger partial charge in [-0.25, -0.2) is 0 Å². The molecule has 2 aliphatic carbocycles. The van der Waals surface area contributed by atoms with Crippen molar-refractivity contribution in [3.05, 3.63) is 144 Å². The van der Waals surface area contributed by atoms with Crippen molar-refractivity contribution in [1.29, 1.82) is 0 Å². The summed E-state index contributed by atoms with van der Waals surface area (Å²) < 4.78 is 0. The molecule has 2 aliphatic rings. The van der Waals surface area contributed by atoms with E-state index in [4.69, 9.17) is 0 Å². The zero-order valence-corrected chi connectivity index (χ0v) is 23.0. The molecule has 0 heteroatoms. The predicted molar refractivity (Wildman–Crippen MR) is 179 cm³/mol. The van der Waals surface area contributed by atoms with Gasteiger partial charge in [0.2, 0.25) is 0 Å². The summed E-state index contributed by atoms with van der Waals surface area (Å²) in [7, 11) is 0. The third kappa shape index (κ3) is 2.51. The van der Waals surface area contributed by atoms with Crippen LogP contribution in [0.2, 0.25) is 0 Å². The standard InChI is InChI=1S/C42H24/c1-2-9-30-23(6-1)14-16-33-37-22-28-21-35-27(20-36(28)42(37)32-11-4-3-10-31(32)41(30)33)19-29-18-26-13-12-24-7-5-8-25-15-17-34(39(29)35)40(26)38(24)25/h1-18,20-21H,19,22H2. The Balaban J connectivity index is 1.21. The van der Waals surface area contributed by atoms with E-state index in [1.54, 1.807) is 0 Å². The van der Waals surface area contributed by atoms with Gasteiger partial charge in [0.1, 0.15) is 0 Å². The van der Waals surface area contributed by atoms with Gasteiger partial charge in [-0.1, -0.05) is 109 Å². The van der Waals surface area contributed by atoms with Crippen molar-refractivity contribution in [3.63, 3.8) is 0 Å². The van der Waals surface area contributed by atoms with Crippen molar-refractivity contribution in [2.24, 2.45) is 0 Å². The quantitative estimate of drug-likeness (QED) is 0.172. The number of rotatable bonds is 0. The van der Waals surface area contributed by atoms with Crippen molar-refractivity contribution in [2.45, 2.75) is 12.8 Å². The van der Waals surface area contributed by atoms with Crippen LogP contribution in [0, 0.1) is 0 Å². The summed E-state index contributed by atoms with van der Waals surface area (Å²) in [5.74, 6) is 0. The molecule has 42 heavy (non-hydrogen) atoms. The van der Waals surface area contributed by atoms with E-state index in [0.29, 0.717) is 0 Å². The summed E-state index contributed by atoms with van der Waals surface area (Å²) in [6, 6.07) is 46.2. The Hall–Kier alpha value is -5.20. The topological polar surface area (TPSA) is 0 Å². The van der Waals surface area contributed by atoms with Gasteiger partial charge < -0.3 is 0 Å². The van der Waals surface area contributed by atoms with Gasteiger partial charge >= 0.3 is 0 Å². The molecule has 9 aromatic rings. The fourth-order valence-electron chi connectivity index (χ4n) is 8.69. The minimum Gasteiger partial charge on any atom is -0.0616 e. The van der Waals surface area contributed by atoms with Crippen molar-refractivity contribution in [1.82, 2.24) is 0 Å². The van der Waals surface area contributed by atoms with E-state index in [9.17, 15) is 0 Å². The predicted octanol–water partition coefficient (Wildman–Crippen LogP) is 11.2. The maximum Gasteiger partial charge on any atom is -0.000683 e. The Morgan fingerprint density at radius 3 is 1.86 bits per heavy atom. The zero-order valence-electron chi connectivity index (χ0n) is 23.0. The van der Waals surface area contributed by atoms with E-state index in [-0.39, 0.29) is 0 Å². The molecular weight excluding hydrogens is 504 g/mol. The van der Waals surface area contributed by atoms with Gasteiger partial charge in [-0.2, -0.15) is 0 Å². The molecule has 0 nitrogen and oxygen atoms in total. The van der Waals surface area contributed by atoms with Crippen LogP contribution in [0.4, 0.5) is 0 Å². The molecule has 11 rings (SSSR count). The number of hydrogen-bond acceptors (Lipinski definition) is 0. The normalized spacial score (nSPS) is 13.5. The largest absolute Gasteiger partial charge is 0.0616 e. The van der Waals surface area contributed by atoms with Crippen LogP contribution in [0.5, 0.6) is 0 Å². The fraction of sp³-hybridized carbons (Fsp3) is 0.0476. The van der Waals surface area contributed by atoms with E-state index >= 15 is 0 Å². The van der Waals surface area contributed by atoms with Gasteiger partial charge in [-0.05, 0) is 134 Å². The molecule has 0 N–H and O–H groups in total. The van der Waals surface area contributed by atoms with Gasteiger partial charge in [0.25, 0.3) is 0 Å². The van der Waals surface area contributed by atoms with Crippen molar-refractivity contribution < 1.29 is 0 Å². The highest BCUT2D eigenvalue weighted by atomic mass is 14.3. The van der Waals surface area contributed by atoms with Crippen LogP contribution in [0.25, 0.3) is 86.9 Å². The van der Waals surface area contributed by atoms with Gasteiger partial charge in [-0.3, -0.25) is 0 Å². The minimum absolute atomic E-state index is 0.985. The Kier molecular flexibility index (Phi) is 3.77. The second-order valence-corrected chi connectivity index (χ2v) is 12.4. The van der Waals surface area contributed by atoms with E-state index in [1.807, 2.05) is 0 Å². The first-order chi connectivity index (χ1) is 20.8. The summed E-state index contributed by atoms with van der Waals surface area (Å²) in [5.41, 5.74) is 11.7. The van der Waals surface area contributed by atoms with Crippen LogP contribution in [0.3, 0.4) is 0 Å². The highest BCUT2D eigenvalue weighted by molar-refractivity contribution is 6.27. The summed E-state index contributed by atoms with van der Waals surface area (Å²) in [6.07, 6.45) is 1.98. The van der Waals surface area contributed by atoms with Crippen LogP contribution >= 0.6 is 0 Å². The molecule has 0 aromatic heterocycles. The first-order valence-electron chi connectivity index (χ1n) is 15.0. The second-order valence-electron chi connectivity index (χ2n) is 12.4. The Morgan fingerprint density at radius 1 is 0.333 bits per heavy atom. The fourth-order valence-corrected chi connectivity index (χ4v) is 8.69.